The summed E-state index contributed by atoms with van der Waals surface area (Å²) in [5, 5.41) is 0. The van der Waals surface area contributed by atoms with E-state index in [4.69, 9.17) is 18.8 Å². The van der Waals surface area contributed by atoms with Crippen molar-refractivity contribution in [3.8, 4) is 5.75 Å². The zero-order valence-corrected chi connectivity index (χ0v) is 20.1. The number of hydrogen-bond acceptors (Lipinski definition) is 6. The van der Waals surface area contributed by atoms with Crippen molar-refractivity contribution in [3.05, 3.63) is 24.3 Å². The van der Waals surface area contributed by atoms with Gasteiger partial charge in [-0.3, -0.25) is 4.90 Å². The van der Waals surface area contributed by atoms with Gasteiger partial charge in [-0.05, 0) is 66.1 Å². The molecule has 0 radical (unpaired) electrons. The molecule has 2 aliphatic rings. The lowest BCUT2D eigenvalue weighted by atomic mass is 9.79. The summed E-state index contributed by atoms with van der Waals surface area (Å²) in [6.45, 7) is 18.2. The summed E-state index contributed by atoms with van der Waals surface area (Å²) in [5.41, 5.74) is -0.232. The van der Waals surface area contributed by atoms with Gasteiger partial charge in [0.25, 0.3) is 0 Å². The molecule has 0 atom stereocenters. The Morgan fingerprint density at radius 2 is 1.68 bits per heavy atom. The topological polar surface area (TPSA) is 60.5 Å². The van der Waals surface area contributed by atoms with Crippen molar-refractivity contribution >= 4 is 18.7 Å². The molecule has 2 aliphatic heterocycles. The molecule has 31 heavy (non-hydrogen) atoms. The maximum Gasteiger partial charge on any atom is 0.494 e. The van der Waals surface area contributed by atoms with Crippen molar-refractivity contribution in [2.75, 3.05) is 39.3 Å². The minimum Gasteiger partial charge on any atom is -0.492 e. The van der Waals surface area contributed by atoms with Crippen LogP contribution in [0.15, 0.2) is 24.3 Å². The van der Waals surface area contributed by atoms with Crippen LogP contribution in [0.25, 0.3) is 0 Å². The lowest BCUT2D eigenvalue weighted by Crippen LogP contribution is -2.50. The van der Waals surface area contributed by atoms with Gasteiger partial charge >= 0.3 is 13.2 Å². The Morgan fingerprint density at radius 3 is 2.26 bits per heavy atom. The molecule has 0 aliphatic carbocycles. The summed E-state index contributed by atoms with van der Waals surface area (Å²) in [6.07, 6.45) is -0.233. The molecular formula is C23H37BN2O5. The van der Waals surface area contributed by atoms with Gasteiger partial charge in [0.1, 0.15) is 18.0 Å². The Balaban J connectivity index is 1.44. The number of carbonyl (C=O) groups excluding carboxylic acids is 1. The van der Waals surface area contributed by atoms with Crippen LogP contribution in [0.4, 0.5) is 4.79 Å². The molecule has 172 valence electrons. The summed E-state index contributed by atoms with van der Waals surface area (Å²) >= 11 is 0. The second kappa shape index (κ2) is 9.00. The van der Waals surface area contributed by atoms with Crippen LogP contribution in [0.2, 0.25) is 0 Å². The van der Waals surface area contributed by atoms with E-state index in [1.54, 1.807) is 4.90 Å². The Kier molecular flexibility index (Phi) is 6.94. The van der Waals surface area contributed by atoms with E-state index >= 15 is 0 Å². The van der Waals surface area contributed by atoms with E-state index < -0.39 is 12.7 Å². The van der Waals surface area contributed by atoms with E-state index in [0.29, 0.717) is 19.7 Å². The van der Waals surface area contributed by atoms with Gasteiger partial charge in [0.2, 0.25) is 0 Å². The second-order valence-corrected chi connectivity index (χ2v) is 10.3. The lowest BCUT2D eigenvalue weighted by molar-refractivity contribution is 0.00578. The molecule has 1 aromatic carbocycles. The van der Waals surface area contributed by atoms with Crippen molar-refractivity contribution < 1.29 is 23.6 Å². The van der Waals surface area contributed by atoms with E-state index in [9.17, 15) is 4.79 Å². The first-order chi connectivity index (χ1) is 14.4. The molecule has 0 spiro atoms. The van der Waals surface area contributed by atoms with Crippen LogP contribution in [-0.4, -0.2) is 79.1 Å². The van der Waals surface area contributed by atoms with Crippen molar-refractivity contribution in [1.82, 2.24) is 9.80 Å². The Labute approximate surface area is 187 Å². The van der Waals surface area contributed by atoms with E-state index in [1.165, 1.54) is 0 Å². The van der Waals surface area contributed by atoms with Crippen LogP contribution in [-0.2, 0) is 14.0 Å². The summed E-state index contributed by atoms with van der Waals surface area (Å²) in [4.78, 5) is 16.3. The molecule has 0 aromatic heterocycles. The van der Waals surface area contributed by atoms with Gasteiger partial charge in [-0.25, -0.2) is 4.79 Å². The Morgan fingerprint density at radius 1 is 1.06 bits per heavy atom. The van der Waals surface area contributed by atoms with Gasteiger partial charge in [-0.2, -0.15) is 0 Å². The number of benzene rings is 1. The summed E-state index contributed by atoms with van der Waals surface area (Å²) in [5.74, 6) is 0.805. The number of hydrogen-bond donors (Lipinski definition) is 0. The Hall–Kier alpha value is -1.77. The number of nitrogens with zero attached hydrogens (tertiary/aromatic N) is 2. The van der Waals surface area contributed by atoms with Crippen LogP contribution in [0.3, 0.4) is 0 Å². The van der Waals surface area contributed by atoms with E-state index in [0.717, 1.165) is 30.8 Å². The second-order valence-electron chi connectivity index (χ2n) is 10.3. The lowest BCUT2D eigenvalue weighted by Gasteiger charge is -2.35. The molecule has 0 N–H and O–H groups in total. The van der Waals surface area contributed by atoms with Crippen molar-refractivity contribution in [3.63, 3.8) is 0 Å². The minimum atomic E-state index is -0.462. The molecule has 7 nitrogen and oxygen atoms in total. The standard InChI is InChI=1S/C23H37BN2O5/c1-21(2,3)29-20(27)26-13-11-25(12-14-26)15-16-28-19-10-8-9-18(17-19)24-30-22(4,5)23(6,7)31-24/h8-10,17H,11-16H2,1-7H3. The molecule has 1 amide bonds. The maximum absolute atomic E-state index is 12.2. The maximum atomic E-state index is 12.2. The van der Waals surface area contributed by atoms with Gasteiger partial charge in [-0.1, -0.05) is 12.1 Å². The molecule has 2 heterocycles. The Bertz CT molecular complexity index is 753. The van der Waals surface area contributed by atoms with Crippen LogP contribution in [0.5, 0.6) is 5.75 Å². The third-order valence-corrected chi connectivity index (χ3v) is 6.08. The van der Waals surface area contributed by atoms with Crippen molar-refractivity contribution in [1.29, 1.82) is 0 Å². The molecular weight excluding hydrogens is 395 g/mol. The molecule has 0 saturated carbocycles. The molecule has 8 heteroatoms. The molecule has 0 bridgehead atoms. The highest BCUT2D eigenvalue weighted by Crippen LogP contribution is 2.36. The number of carbonyl (C=O) groups is 1. The normalized spacial score (nSPS) is 21.3. The largest absolute Gasteiger partial charge is 0.494 e. The minimum absolute atomic E-state index is 0.233. The molecule has 0 unspecified atom stereocenters. The van der Waals surface area contributed by atoms with Crippen LogP contribution in [0.1, 0.15) is 48.5 Å². The smallest absolute Gasteiger partial charge is 0.492 e. The zero-order valence-electron chi connectivity index (χ0n) is 20.1. The first-order valence-electron chi connectivity index (χ1n) is 11.1. The number of amides is 1. The summed E-state index contributed by atoms with van der Waals surface area (Å²) in [7, 11) is -0.394. The average molecular weight is 432 g/mol. The third kappa shape index (κ3) is 6.15. The first kappa shape index (κ1) is 23.9. The molecule has 1 aromatic rings. The number of ether oxygens (including phenoxy) is 2. The van der Waals surface area contributed by atoms with Gasteiger partial charge in [0, 0.05) is 32.7 Å². The summed E-state index contributed by atoms with van der Waals surface area (Å²) < 4.78 is 23.7. The van der Waals surface area contributed by atoms with Gasteiger partial charge in [0.05, 0.1) is 11.2 Å². The molecule has 2 saturated heterocycles. The van der Waals surface area contributed by atoms with E-state index in [-0.39, 0.29) is 17.3 Å². The van der Waals surface area contributed by atoms with Crippen LogP contribution in [0, 0.1) is 0 Å². The fourth-order valence-electron chi connectivity index (χ4n) is 3.50. The van der Waals surface area contributed by atoms with Crippen LogP contribution < -0.4 is 10.2 Å². The highest BCUT2D eigenvalue weighted by atomic mass is 16.7. The van der Waals surface area contributed by atoms with Gasteiger partial charge < -0.3 is 23.7 Å². The van der Waals surface area contributed by atoms with Gasteiger partial charge in [0.15, 0.2) is 0 Å². The number of piperazine rings is 1. The SMILES string of the molecule is CC(C)(C)OC(=O)N1CCN(CCOc2cccc(B3OC(C)(C)C(C)(C)O3)c2)CC1. The zero-order chi connectivity index (χ0) is 22.9. The third-order valence-electron chi connectivity index (χ3n) is 6.08. The van der Waals surface area contributed by atoms with E-state index in [1.807, 2.05) is 45.0 Å². The average Bonchev–Trinajstić information content (AvgIpc) is 2.89. The highest BCUT2D eigenvalue weighted by Gasteiger charge is 2.51. The molecule has 2 fully saturated rings. The van der Waals surface area contributed by atoms with Crippen molar-refractivity contribution in [2.45, 2.75) is 65.3 Å². The predicted molar refractivity (Wildman–Crippen MR) is 122 cm³/mol. The molecule has 3 rings (SSSR count). The number of rotatable bonds is 5. The monoisotopic (exact) mass is 432 g/mol. The summed E-state index contributed by atoms with van der Waals surface area (Å²) in [6, 6.07) is 7.91. The fraction of sp³-hybridized carbons (Fsp3) is 0.696. The van der Waals surface area contributed by atoms with Gasteiger partial charge in [-0.15, -0.1) is 0 Å². The van der Waals surface area contributed by atoms with E-state index in [2.05, 4.69) is 32.6 Å². The van der Waals surface area contributed by atoms with Crippen molar-refractivity contribution in [2.24, 2.45) is 0 Å². The predicted octanol–water partition coefficient (Wildman–Crippen LogP) is 2.92. The quantitative estimate of drug-likeness (QED) is 0.667. The fourth-order valence-corrected chi connectivity index (χ4v) is 3.50. The highest BCUT2D eigenvalue weighted by molar-refractivity contribution is 6.62. The first-order valence-corrected chi connectivity index (χ1v) is 11.1. The van der Waals surface area contributed by atoms with Crippen LogP contribution >= 0.6 is 0 Å².